The zero-order valence-electron chi connectivity index (χ0n) is 16.6. The Morgan fingerprint density at radius 1 is 1.07 bits per heavy atom. The third kappa shape index (κ3) is 6.26. The molecule has 1 N–H and O–H groups in total. The molecular formula is C23H24N2O3S. The van der Waals surface area contributed by atoms with Gasteiger partial charge in [-0.3, -0.25) is 9.59 Å². The van der Waals surface area contributed by atoms with Gasteiger partial charge in [0.15, 0.2) is 6.61 Å². The molecule has 3 rings (SSSR count). The fourth-order valence-electron chi connectivity index (χ4n) is 2.72. The second kappa shape index (κ2) is 9.98. The average Bonchev–Trinajstić information content (AvgIpc) is 3.20. The monoisotopic (exact) mass is 408 g/mol. The summed E-state index contributed by atoms with van der Waals surface area (Å²) in [5, 5.41) is 5.44. The Bertz CT molecular complexity index is 950. The molecule has 0 atom stereocenters. The molecule has 0 saturated heterocycles. The molecular weight excluding hydrogens is 384 g/mol. The topological polar surface area (TPSA) is 68.3 Å². The first-order valence-corrected chi connectivity index (χ1v) is 10.4. The van der Waals surface area contributed by atoms with E-state index in [2.05, 4.69) is 36.3 Å². The van der Waals surface area contributed by atoms with Crippen LogP contribution in [0.25, 0.3) is 10.6 Å². The van der Waals surface area contributed by atoms with Crippen molar-refractivity contribution in [3.05, 3.63) is 76.8 Å². The molecule has 0 radical (unpaired) electrons. The minimum absolute atomic E-state index is 0.0482. The third-order valence-electron chi connectivity index (χ3n) is 4.40. The van der Waals surface area contributed by atoms with Crippen molar-refractivity contribution in [2.24, 2.45) is 0 Å². The SMILES string of the molecule is CC(C)c1ccc(-c2nc(CC(=O)OCC(=O)NCc3ccccc3)cs2)cc1. The van der Waals surface area contributed by atoms with Gasteiger partial charge in [-0.15, -0.1) is 11.3 Å². The first kappa shape index (κ1) is 20.7. The molecule has 2 aromatic carbocycles. The Hall–Kier alpha value is -2.99. The largest absolute Gasteiger partial charge is 0.455 e. The highest BCUT2D eigenvalue weighted by Crippen LogP contribution is 2.26. The smallest absolute Gasteiger partial charge is 0.312 e. The van der Waals surface area contributed by atoms with E-state index in [-0.39, 0.29) is 18.9 Å². The lowest BCUT2D eigenvalue weighted by Crippen LogP contribution is -2.28. The molecule has 0 spiro atoms. The first-order valence-electron chi connectivity index (χ1n) is 9.52. The number of hydrogen-bond acceptors (Lipinski definition) is 5. The number of amides is 1. The highest BCUT2D eigenvalue weighted by molar-refractivity contribution is 7.13. The molecule has 29 heavy (non-hydrogen) atoms. The Kier molecular flexibility index (Phi) is 7.14. The molecule has 1 heterocycles. The van der Waals surface area contributed by atoms with Gasteiger partial charge in [0.05, 0.1) is 12.1 Å². The lowest BCUT2D eigenvalue weighted by molar-refractivity contribution is -0.147. The number of esters is 1. The lowest BCUT2D eigenvalue weighted by atomic mass is 10.0. The number of carbonyl (C=O) groups excluding carboxylic acids is 2. The summed E-state index contributed by atoms with van der Waals surface area (Å²) in [4.78, 5) is 28.4. The van der Waals surface area contributed by atoms with E-state index in [1.165, 1.54) is 16.9 Å². The maximum Gasteiger partial charge on any atom is 0.312 e. The quantitative estimate of drug-likeness (QED) is 0.563. The summed E-state index contributed by atoms with van der Waals surface area (Å²) in [6, 6.07) is 17.9. The molecule has 0 aliphatic carbocycles. The van der Waals surface area contributed by atoms with Crippen molar-refractivity contribution < 1.29 is 14.3 Å². The summed E-state index contributed by atoms with van der Waals surface area (Å²) in [5.41, 5.74) is 3.94. The van der Waals surface area contributed by atoms with E-state index < -0.39 is 5.97 Å². The standard InChI is InChI=1S/C23H24N2O3S/c1-16(2)18-8-10-19(11-9-18)23-25-20(15-29-23)12-22(27)28-14-21(26)24-13-17-6-4-3-5-7-17/h3-11,15-16H,12-14H2,1-2H3,(H,24,26). The molecule has 0 unspecified atom stereocenters. The minimum Gasteiger partial charge on any atom is -0.455 e. The van der Waals surface area contributed by atoms with Gasteiger partial charge in [0, 0.05) is 17.5 Å². The van der Waals surface area contributed by atoms with Crippen LogP contribution < -0.4 is 5.32 Å². The number of nitrogens with one attached hydrogen (secondary N) is 1. The van der Waals surface area contributed by atoms with Gasteiger partial charge < -0.3 is 10.1 Å². The van der Waals surface area contributed by atoms with Crippen molar-refractivity contribution >= 4 is 23.2 Å². The van der Waals surface area contributed by atoms with E-state index in [1.54, 1.807) is 0 Å². The number of rotatable bonds is 8. The maximum absolute atomic E-state index is 12.0. The predicted octanol–water partition coefficient (Wildman–Crippen LogP) is 4.34. The number of ether oxygens (including phenoxy) is 1. The van der Waals surface area contributed by atoms with Crippen molar-refractivity contribution in [2.45, 2.75) is 32.7 Å². The Balaban J connectivity index is 1.45. The van der Waals surface area contributed by atoms with E-state index in [0.29, 0.717) is 18.2 Å². The van der Waals surface area contributed by atoms with Gasteiger partial charge in [0.2, 0.25) is 0 Å². The summed E-state index contributed by atoms with van der Waals surface area (Å²) in [6.45, 7) is 4.43. The van der Waals surface area contributed by atoms with Crippen LogP contribution in [0.2, 0.25) is 0 Å². The summed E-state index contributed by atoms with van der Waals surface area (Å²) in [6.07, 6.45) is 0.0482. The van der Waals surface area contributed by atoms with E-state index in [1.807, 2.05) is 47.8 Å². The van der Waals surface area contributed by atoms with Crippen LogP contribution in [0.4, 0.5) is 0 Å². The molecule has 0 saturated carbocycles. The Labute approximate surface area is 174 Å². The van der Waals surface area contributed by atoms with Crippen molar-refractivity contribution in [3.8, 4) is 10.6 Å². The van der Waals surface area contributed by atoms with Crippen molar-refractivity contribution in [1.29, 1.82) is 0 Å². The molecule has 0 aliphatic heterocycles. The zero-order chi connectivity index (χ0) is 20.6. The number of carbonyl (C=O) groups is 2. The van der Waals surface area contributed by atoms with Crippen LogP contribution in [-0.4, -0.2) is 23.5 Å². The van der Waals surface area contributed by atoms with Crippen LogP contribution in [0, 0.1) is 0 Å². The fraction of sp³-hybridized carbons (Fsp3) is 0.261. The lowest BCUT2D eigenvalue weighted by Gasteiger charge is -2.06. The molecule has 0 aliphatic rings. The second-order valence-electron chi connectivity index (χ2n) is 7.02. The molecule has 3 aromatic rings. The molecule has 6 heteroatoms. The van der Waals surface area contributed by atoms with Gasteiger partial charge in [-0.25, -0.2) is 4.98 Å². The van der Waals surface area contributed by atoms with Crippen LogP contribution in [0.1, 0.15) is 36.6 Å². The molecule has 0 fully saturated rings. The van der Waals surface area contributed by atoms with Crippen molar-refractivity contribution in [3.63, 3.8) is 0 Å². The van der Waals surface area contributed by atoms with Gasteiger partial charge in [-0.2, -0.15) is 0 Å². The summed E-state index contributed by atoms with van der Waals surface area (Å²) in [7, 11) is 0. The van der Waals surface area contributed by atoms with Crippen LogP contribution >= 0.6 is 11.3 Å². The Morgan fingerprint density at radius 3 is 2.48 bits per heavy atom. The highest BCUT2D eigenvalue weighted by Gasteiger charge is 2.12. The van der Waals surface area contributed by atoms with Crippen LogP contribution in [0.3, 0.4) is 0 Å². The van der Waals surface area contributed by atoms with Crippen LogP contribution in [-0.2, 0) is 27.3 Å². The predicted molar refractivity (Wildman–Crippen MR) is 115 cm³/mol. The number of hydrogen-bond donors (Lipinski definition) is 1. The molecule has 1 aromatic heterocycles. The number of thiazole rings is 1. The summed E-state index contributed by atoms with van der Waals surface area (Å²) >= 11 is 1.49. The molecule has 0 bridgehead atoms. The van der Waals surface area contributed by atoms with E-state index in [9.17, 15) is 9.59 Å². The molecule has 5 nitrogen and oxygen atoms in total. The van der Waals surface area contributed by atoms with Gasteiger partial charge in [-0.05, 0) is 17.0 Å². The van der Waals surface area contributed by atoms with E-state index in [0.717, 1.165) is 16.1 Å². The average molecular weight is 409 g/mol. The zero-order valence-corrected chi connectivity index (χ0v) is 17.4. The molecule has 150 valence electrons. The van der Waals surface area contributed by atoms with Gasteiger partial charge in [-0.1, -0.05) is 68.4 Å². The van der Waals surface area contributed by atoms with E-state index in [4.69, 9.17) is 4.74 Å². The number of nitrogens with zero attached hydrogens (tertiary/aromatic N) is 1. The third-order valence-corrected chi connectivity index (χ3v) is 5.34. The minimum atomic E-state index is -0.466. The second-order valence-corrected chi connectivity index (χ2v) is 7.88. The first-order chi connectivity index (χ1) is 14.0. The summed E-state index contributed by atoms with van der Waals surface area (Å²) in [5.74, 6) is -0.311. The normalized spacial score (nSPS) is 10.7. The van der Waals surface area contributed by atoms with Gasteiger partial charge in [0.1, 0.15) is 5.01 Å². The molecule has 1 amide bonds. The maximum atomic E-state index is 12.0. The summed E-state index contributed by atoms with van der Waals surface area (Å²) < 4.78 is 5.07. The fourth-order valence-corrected chi connectivity index (χ4v) is 3.55. The van der Waals surface area contributed by atoms with Gasteiger partial charge >= 0.3 is 5.97 Å². The Morgan fingerprint density at radius 2 is 1.79 bits per heavy atom. The van der Waals surface area contributed by atoms with E-state index >= 15 is 0 Å². The van der Waals surface area contributed by atoms with Crippen LogP contribution in [0.5, 0.6) is 0 Å². The van der Waals surface area contributed by atoms with Crippen molar-refractivity contribution in [2.75, 3.05) is 6.61 Å². The number of benzene rings is 2. The highest BCUT2D eigenvalue weighted by atomic mass is 32.1. The van der Waals surface area contributed by atoms with Gasteiger partial charge in [0.25, 0.3) is 5.91 Å². The van der Waals surface area contributed by atoms with Crippen molar-refractivity contribution in [1.82, 2.24) is 10.3 Å². The van der Waals surface area contributed by atoms with Crippen LogP contribution in [0.15, 0.2) is 60.0 Å². The number of aromatic nitrogens is 1.